The maximum Gasteiger partial charge on any atom is 0.128 e. The van der Waals surface area contributed by atoms with Gasteiger partial charge < -0.3 is 0 Å². The number of nitrogens with zero attached hydrogens (tertiary/aromatic N) is 2. The molecule has 0 atom stereocenters. The lowest BCUT2D eigenvalue weighted by atomic mass is 10.0. The molecule has 1 aliphatic rings. The van der Waals surface area contributed by atoms with Crippen LogP contribution in [0.2, 0.25) is 16.6 Å². The molecule has 4 aromatic rings. The van der Waals surface area contributed by atoms with Crippen molar-refractivity contribution >= 4 is 56.7 Å². The first-order valence-corrected chi connectivity index (χ1v) is 14.7. The molecule has 3 heterocycles. The van der Waals surface area contributed by atoms with Crippen molar-refractivity contribution in [3.8, 4) is 11.3 Å². The highest BCUT2D eigenvalue weighted by Crippen LogP contribution is 2.52. The Bertz CT molecular complexity index is 1250. The lowest BCUT2D eigenvalue weighted by molar-refractivity contribution is 0.835. The molecule has 0 unspecified atom stereocenters. The highest BCUT2D eigenvalue weighted by atomic mass is 32.2. The second-order valence-corrected chi connectivity index (χ2v) is 17.6. The maximum absolute atomic E-state index is 4.81. The Morgan fingerprint density at radius 1 is 0.833 bits per heavy atom. The van der Waals surface area contributed by atoms with E-state index in [1.165, 1.54) is 31.5 Å². The van der Waals surface area contributed by atoms with Gasteiger partial charge in [0.25, 0.3) is 0 Å². The van der Waals surface area contributed by atoms with E-state index in [0.717, 1.165) is 10.5 Å². The van der Waals surface area contributed by atoms with Crippen LogP contribution >= 0.6 is 23.1 Å². The van der Waals surface area contributed by atoms with Gasteiger partial charge in [0.1, 0.15) is 19.2 Å². The average Bonchev–Trinajstić information content (AvgIpc) is 3.06. The number of hydrogen-bond acceptors (Lipinski definition) is 4. The topological polar surface area (TPSA) is 25.8 Å². The van der Waals surface area contributed by atoms with Crippen LogP contribution in [0.1, 0.15) is 41.5 Å². The third-order valence-corrected chi connectivity index (χ3v) is 17.5. The first-order chi connectivity index (χ1) is 14.4. The zero-order valence-corrected chi connectivity index (χ0v) is 21.1. The van der Waals surface area contributed by atoms with E-state index in [1.807, 2.05) is 23.1 Å². The molecule has 0 spiro atoms. The molecule has 154 valence electrons. The summed E-state index contributed by atoms with van der Waals surface area (Å²) < 4.78 is 1.64. The zero-order valence-electron chi connectivity index (χ0n) is 18.5. The highest BCUT2D eigenvalue weighted by molar-refractivity contribution is 8.00. The Morgan fingerprint density at radius 2 is 1.47 bits per heavy atom. The first kappa shape index (κ1) is 20.2. The monoisotopic (exact) mass is 448 g/mol. The smallest absolute Gasteiger partial charge is 0.128 e. The summed E-state index contributed by atoms with van der Waals surface area (Å²) in [7, 11) is -1.79. The number of aromatic nitrogens is 2. The minimum absolute atomic E-state index is 0.678. The van der Waals surface area contributed by atoms with Gasteiger partial charge in [0.05, 0.1) is 11.1 Å². The van der Waals surface area contributed by atoms with E-state index in [-0.39, 0.29) is 0 Å². The van der Waals surface area contributed by atoms with Crippen molar-refractivity contribution in [3.63, 3.8) is 0 Å². The van der Waals surface area contributed by atoms with Gasteiger partial charge in [-0.05, 0) is 39.5 Å². The van der Waals surface area contributed by atoms with E-state index < -0.39 is 8.07 Å². The molecule has 0 radical (unpaired) electrons. The van der Waals surface area contributed by atoms with Crippen LogP contribution in [-0.2, 0) is 0 Å². The van der Waals surface area contributed by atoms with Crippen LogP contribution in [0.15, 0.2) is 52.5 Å². The first-order valence-electron chi connectivity index (χ1n) is 10.8. The van der Waals surface area contributed by atoms with Crippen LogP contribution in [0.3, 0.4) is 0 Å². The van der Waals surface area contributed by atoms with Gasteiger partial charge in [0.15, 0.2) is 0 Å². The molecule has 1 aliphatic heterocycles. The summed E-state index contributed by atoms with van der Waals surface area (Å²) in [6, 6.07) is 13.3. The summed E-state index contributed by atoms with van der Waals surface area (Å²) in [5.41, 5.74) is 4.41. The van der Waals surface area contributed by atoms with Crippen molar-refractivity contribution in [2.24, 2.45) is 0 Å². The number of thiophene rings is 1. The predicted molar refractivity (Wildman–Crippen MR) is 135 cm³/mol. The summed E-state index contributed by atoms with van der Waals surface area (Å²) in [5, 5.41) is 3.87. The van der Waals surface area contributed by atoms with Crippen LogP contribution < -0.4 is 4.50 Å². The molecule has 5 heteroatoms. The molecule has 0 amide bonds. The van der Waals surface area contributed by atoms with Crippen LogP contribution in [0, 0.1) is 0 Å². The van der Waals surface area contributed by atoms with E-state index >= 15 is 0 Å². The van der Waals surface area contributed by atoms with Crippen molar-refractivity contribution in [2.75, 3.05) is 0 Å². The van der Waals surface area contributed by atoms with E-state index in [9.17, 15) is 0 Å². The zero-order chi connectivity index (χ0) is 21.2. The molecule has 0 saturated heterocycles. The standard InChI is InChI=1S/C25H28N2S2Si/c1-14(2)30(15(3)4,16(5)6)25-23-21-22(26-13-27-24(21)29-25)19-11-17-9-7-8-10-18(17)12-20(19)28-23/h7-16H,1-6H3. The van der Waals surface area contributed by atoms with Crippen LogP contribution in [0.25, 0.3) is 32.2 Å². The minimum Gasteiger partial charge on any atom is -0.236 e. The van der Waals surface area contributed by atoms with Gasteiger partial charge in [-0.2, -0.15) is 0 Å². The Kier molecular flexibility index (Phi) is 4.84. The molecule has 30 heavy (non-hydrogen) atoms. The average molecular weight is 449 g/mol. The fourth-order valence-electron chi connectivity index (χ4n) is 5.88. The lowest BCUT2D eigenvalue weighted by Crippen LogP contribution is -2.55. The fourth-order valence-corrected chi connectivity index (χ4v) is 17.9. The molecule has 2 aromatic heterocycles. The van der Waals surface area contributed by atoms with Gasteiger partial charge in [0, 0.05) is 19.9 Å². The molecule has 2 aromatic carbocycles. The Labute approximate surface area is 188 Å². The number of benzene rings is 2. The van der Waals surface area contributed by atoms with Crippen molar-refractivity contribution in [2.45, 2.75) is 68.0 Å². The molecule has 0 N–H and O–H groups in total. The second kappa shape index (κ2) is 7.18. The third kappa shape index (κ3) is 2.68. The van der Waals surface area contributed by atoms with Crippen LogP contribution in [0.4, 0.5) is 0 Å². The van der Waals surface area contributed by atoms with E-state index in [2.05, 4.69) is 77.9 Å². The van der Waals surface area contributed by atoms with E-state index in [0.29, 0.717) is 16.6 Å². The lowest BCUT2D eigenvalue weighted by Gasteiger charge is -2.43. The minimum atomic E-state index is -1.79. The summed E-state index contributed by atoms with van der Waals surface area (Å²) >= 11 is 3.93. The predicted octanol–water partition coefficient (Wildman–Crippen LogP) is 7.86. The highest BCUT2D eigenvalue weighted by Gasteiger charge is 2.48. The normalized spacial score (nSPS) is 13.8. The van der Waals surface area contributed by atoms with Gasteiger partial charge in [-0.15, -0.1) is 11.3 Å². The van der Waals surface area contributed by atoms with Gasteiger partial charge >= 0.3 is 0 Å². The van der Waals surface area contributed by atoms with Crippen molar-refractivity contribution < 1.29 is 0 Å². The second-order valence-electron chi connectivity index (χ2n) is 9.36. The molecule has 2 nitrogen and oxygen atoms in total. The molecule has 0 bridgehead atoms. The van der Waals surface area contributed by atoms with E-state index in [4.69, 9.17) is 9.97 Å². The van der Waals surface area contributed by atoms with Crippen LogP contribution in [-0.4, -0.2) is 18.0 Å². The molecule has 5 rings (SSSR count). The van der Waals surface area contributed by atoms with Crippen LogP contribution in [0.5, 0.6) is 0 Å². The van der Waals surface area contributed by atoms with Crippen molar-refractivity contribution in [1.29, 1.82) is 0 Å². The molecule has 0 saturated carbocycles. The van der Waals surface area contributed by atoms with Crippen molar-refractivity contribution in [1.82, 2.24) is 9.97 Å². The van der Waals surface area contributed by atoms with Gasteiger partial charge in [0.2, 0.25) is 0 Å². The number of rotatable bonds is 4. The Balaban J connectivity index is 1.86. The third-order valence-electron chi connectivity index (χ3n) is 7.02. The fraction of sp³-hybridized carbons (Fsp3) is 0.360. The van der Waals surface area contributed by atoms with Crippen molar-refractivity contribution in [3.05, 3.63) is 42.7 Å². The van der Waals surface area contributed by atoms with E-state index in [1.54, 1.807) is 10.8 Å². The molecular formula is C25H28N2S2Si. The number of hydrogen-bond donors (Lipinski definition) is 0. The van der Waals surface area contributed by atoms with Gasteiger partial charge in [-0.1, -0.05) is 77.6 Å². The quantitative estimate of drug-likeness (QED) is 0.262. The van der Waals surface area contributed by atoms with Gasteiger partial charge in [-0.25, -0.2) is 9.97 Å². The molecule has 0 fully saturated rings. The maximum atomic E-state index is 4.81. The SMILES string of the molecule is CC(C)[Si](c1sc2ncnc3c2c1Sc1cc2ccccc2cc1-3)(C(C)C)C(C)C. The molecular weight excluding hydrogens is 421 g/mol. The summed E-state index contributed by atoms with van der Waals surface area (Å²) in [4.78, 5) is 13.5. The van der Waals surface area contributed by atoms with Gasteiger partial charge in [-0.3, -0.25) is 0 Å². The Hall–Kier alpha value is -1.69. The Morgan fingerprint density at radius 3 is 2.10 bits per heavy atom. The summed E-state index contributed by atoms with van der Waals surface area (Å²) in [6.45, 7) is 14.7. The molecule has 0 aliphatic carbocycles. The summed E-state index contributed by atoms with van der Waals surface area (Å²) in [6.07, 6.45) is 1.76. The largest absolute Gasteiger partial charge is 0.236 e. The summed E-state index contributed by atoms with van der Waals surface area (Å²) in [5.74, 6) is 0. The number of fused-ring (bicyclic) bond motifs is 3.